The molecule has 0 aromatic heterocycles. The van der Waals surface area contributed by atoms with Crippen LogP contribution in [0.1, 0.15) is 33.1 Å². The van der Waals surface area contributed by atoms with Crippen LogP contribution < -0.4 is 5.73 Å². The summed E-state index contributed by atoms with van der Waals surface area (Å²) in [6.45, 7) is 6.98. The van der Waals surface area contributed by atoms with Crippen molar-refractivity contribution in [3.05, 3.63) is 0 Å². The Morgan fingerprint density at radius 3 is 2.82 bits per heavy atom. The Bertz CT molecular complexity index is 215. The molecule has 0 saturated carbocycles. The van der Waals surface area contributed by atoms with Crippen molar-refractivity contribution < 1.29 is 9.84 Å². The molecule has 17 heavy (non-hydrogen) atoms. The van der Waals surface area contributed by atoms with Gasteiger partial charge in [0.1, 0.15) is 0 Å². The molecule has 1 aliphatic heterocycles. The molecule has 102 valence electrons. The number of aliphatic hydroxyl groups is 1. The number of ether oxygens (including phenoxy) is 1. The van der Waals surface area contributed by atoms with Gasteiger partial charge in [-0.1, -0.05) is 0 Å². The van der Waals surface area contributed by atoms with Crippen LogP contribution in [0.5, 0.6) is 0 Å². The van der Waals surface area contributed by atoms with Gasteiger partial charge < -0.3 is 20.5 Å². The second kappa shape index (κ2) is 6.69. The summed E-state index contributed by atoms with van der Waals surface area (Å²) in [7, 11) is 2.13. The van der Waals surface area contributed by atoms with Crippen LogP contribution in [-0.2, 0) is 4.74 Å². The summed E-state index contributed by atoms with van der Waals surface area (Å²) in [6, 6.07) is 0.388. The number of hydrogen-bond donors (Lipinski definition) is 2. The van der Waals surface area contributed by atoms with Crippen LogP contribution in [0, 0.1) is 5.92 Å². The van der Waals surface area contributed by atoms with E-state index in [1.165, 1.54) is 12.8 Å². The van der Waals surface area contributed by atoms with Gasteiger partial charge in [0.05, 0.1) is 13.2 Å². The van der Waals surface area contributed by atoms with Crippen molar-refractivity contribution in [1.82, 2.24) is 4.90 Å². The quantitative estimate of drug-likeness (QED) is 0.727. The second-order valence-corrected chi connectivity index (χ2v) is 5.89. The van der Waals surface area contributed by atoms with E-state index in [0.717, 1.165) is 26.2 Å². The third-order valence-electron chi connectivity index (χ3n) is 3.68. The van der Waals surface area contributed by atoms with Crippen LogP contribution in [0.2, 0.25) is 0 Å². The fourth-order valence-electron chi connectivity index (χ4n) is 2.43. The molecule has 0 aliphatic carbocycles. The summed E-state index contributed by atoms with van der Waals surface area (Å²) < 4.78 is 5.49. The fourth-order valence-corrected chi connectivity index (χ4v) is 2.43. The first-order chi connectivity index (χ1) is 7.94. The average Bonchev–Trinajstić information content (AvgIpc) is 2.30. The van der Waals surface area contributed by atoms with Gasteiger partial charge in [-0.2, -0.15) is 0 Å². The van der Waals surface area contributed by atoms with Crippen molar-refractivity contribution in [1.29, 1.82) is 0 Å². The van der Waals surface area contributed by atoms with Gasteiger partial charge in [-0.05, 0) is 46.1 Å². The highest BCUT2D eigenvalue weighted by Crippen LogP contribution is 2.18. The van der Waals surface area contributed by atoms with Gasteiger partial charge in [-0.15, -0.1) is 0 Å². The maximum Gasteiger partial charge on any atom is 0.0609 e. The Hall–Kier alpha value is -0.160. The Morgan fingerprint density at radius 1 is 1.59 bits per heavy atom. The molecule has 1 saturated heterocycles. The van der Waals surface area contributed by atoms with Crippen LogP contribution in [0.3, 0.4) is 0 Å². The Kier molecular flexibility index (Phi) is 5.86. The molecule has 0 radical (unpaired) electrons. The van der Waals surface area contributed by atoms with E-state index < -0.39 is 5.54 Å². The summed E-state index contributed by atoms with van der Waals surface area (Å²) >= 11 is 0. The van der Waals surface area contributed by atoms with E-state index in [-0.39, 0.29) is 6.61 Å². The van der Waals surface area contributed by atoms with Gasteiger partial charge in [0.2, 0.25) is 0 Å². The Morgan fingerprint density at radius 2 is 2.29 bits per heavy atom. The first kappa shape index (κ1) is 14.9. The van der Waals surface area contributed by atoms with E-state index >= 15 is 0 Å². The lowest BCUT2D eigenvalue weighted by molar-refractivity contribution is 0.0342. The highest BCUT2D eigenvalue weighted by Gasteiger charge is 2.24. The molecule has 1 heterocycles. The predicted octanol–water partition coefficient (Wildman–Crippen LogP) is 0.833. The lowest BCUT2D eigenvalue weighted by atomic mass is 9.94. The molecule has 1 aliphatic rings. The molecule has 0 aromatic rings. The first-order valence-corrected chi connectivity index (χ1v) is 6.62. The third kappa shape index (κ3) is 5.34. The summed E-state index contributed by atoms with van der Waals surface area (Å²) in [6.07, 6.45) is 3.25. The van der Waals surface area contributed by atoms with E-state index in [9.17, 15) is 5.11 Å². The van der Waals surface area contributed by atoms with E-state index in [4.69, 9.17) is 10.5 Å². The van der Waals surface area contributed by atoms with Gasteiger partial charge in [0.15, 0.2) is 0 Å². The maximum atomic E-state index is 9.18. The predicted molar refractivity (Wildman–Crippen MR) is 69.9 cm³/mol. The zero-order valence-corrected chi connectivity index (χ0v) is 11.5. The maximum absolute atomic E-state index is 9.18. The molecule has 0 bridgehead atoms. The zero-order valence-electron chi connectivity index (χ0n) is 11.5. The number of nitrogens with zero attached hydrogens (tertiary/aromatic N) is 1. The highest BCUT2D eigenvalue weighted by molar-refractivity contribution is 4.83. The van der Waals surface area contributed by atoms with E-state index in [1.807, 2.05) is 6.92 Å². The fraction of sp³-hybridized carbons (Fsp3) is 1.00. The molecule has 0 aromatic carbocycles. The van der Waals surface area contributed by atoms with Crippen molar-refractivity contribution in [2.45, 2.75) is 44.7 Å². The van der Waals surface area contributed by atoms with Crippen molar-refractivity contribution >= 4 is 0 Å². The second-order valence-electron chi connectivity index (χ2n) is 5.89. The topological polar surface area (TPSA) is 58.7 Å². The van der Waals surface area contributed by atoms with E-state index in [1.54, 1.807) is 0 Å². The van der Waals surface area contributed by atoms with E-state index in [2.05, 4.69) is 18.9 Å². The summed E-state index contributed by atoms with van der Waals surface area (Å²) in [5.74, 6) is 0.648. The summed E-state index contributed by atoms with van der Waals surface area (Å²) in [5, 5.41) is 9.18. The average molecular weight is 244 g/mol. The molecular weight excluding hydrogens is 216 g/mol. The molecule has 4 heteroatoms. The summed E-state index contributed by atoms with van der Waals surface area (Å²) in [4.78, 5) is 2.33. The Balaban J connectivity index is 2.32. The van der Waals surface area contributed by atoms with Crippen molar-refractivity contribution in [3.8, 4) is 0 Å². The minimum absolute atomic E-state index is 0.0394. The van der Waals surface area contributed by atoms with Crippen molar-refractivity contribution in [3.63, 3.8) is 0 Å². The number of hydrogen-bond acceptors (Lipinski definition) is 4. The van der Waals surface area contributed by atoms with Gasteiger partial charge in [0, 0.05) is 24.7 Å². The van der Waals surface area contributed by atoms with Gasteiger partial charge in [0.25, 0.3) is 0 Å². The largest absolute Gasteiger partial charge is 0.394 e. The van der Waals surface area contributed by atoms with E-state index in [0.29, 0.717) is 12.0 Å². The Labute approximate surface area is 105 Å². The van der Waals surface area contributed by atoms with Crippen LogP contribution in [-0.4, -0.2) is 55.0 Å². The molecule has 3 N–H and O–H groups in total. The van der Waals surface area contributed by atoms with Gasteiger partial charge in [-0.3, -0.25) is 0 Å². The number of aliphatic hydroxyl groups excluding tert-OH is 1. The number of nitrogens with two attached hydrogens (primary N) is 1. The molecule has 4 nitrogen and oxygen atoms in total. The minimum atomic E-state index is -0.475. The monoisotopic (exact) mass is 244 g/mol. The molecular formula is C13H28N2O2. The molecule has 1 rings (SSSR count). The van der Waals surface area contributed by atoms with Crippen LogP contribution in [0.4, 0.5) is 0 Å². The highest BCUT2D eigenvalue weighted by atomic mass is 16.5. The van der Waals surface area contributed by atoms with Gasteiger partial charge in [-0.25, -0.2) is 0 Å². The molecule has 1 fully saturated rings. The standard InChI is InChI=1S/C13H28N2O2/c1-11(7-13(2,14)10-16)15(3)8-12-5-4-6-17-9-12/h11-12,16H,4-10,14H2,1-3H3. The molecule has 0 spiro atoms. The SMILES string of the molecule is CC(CC(C)(N)CO)N(C)CC1CCCOC1. The molecule has 3 atom stereocenters. The van der Waals surface area contributed by atoms with Crippen molar-refractivity contribution in [2.75, 3.05) is 33.4 Å². The van der Waals surface area contributed by atoms with Crippen LogP contribution in [0.15, 0.2) is 0 Å². The molecule has 0 amide bonds. The number of rotatable bonds is 6. The third-order valence-corrected chi connectivity index (χ3v) is 3.68. The minimum Gasteiger partial charge on any atom is -0.394 e. The lowest BCUT2D eigenvalue weighted by Gasteiger charge is -2.34. The normalized spacial score (nSPS) is 26.8. The smallest absolute Gasteiger partial charge is 0.0609 e. The van der Waals surface area contributed by atoms with Crippen molar-refractivity contribution in [2.24, 2.45) is 11.7 Å². The molecule has 3 unspecified atom stereocenters. The van der Waals surface area contributed by atoms with Crippen LogP contribution >= 0.6 is 0 Å². The summed E-state index contributed by atoms with van der Waals surface area (Å²) in [5.41, 5.74) is 5.51. The first-order valence-electron chi connectivity index (χ1n) is 6.62. The van der Waals surface area contributed by atoms with Gasteiger partial charge >= 0.3 is 0 Å². The van der Waals surface area contributed by atoms with Crippen LogP contribution in [0.25, 0.3) is 0 Å². The zero-order chi connectivity index (χ0) is 12.9. The lowest BCUT2D eigenvalue weighted by Crippen LogP contribution is -2.47.